The van der Waals surface area contributed by atoms with Crippen molar-refractivity contribution in [2.24, 2.45) is 11.8 Å². The van der Waals surface area contributed by atoms with Gasteiger partial charge in [0.15, 0.2) is 0 Å². The molecule has 17 heavy (non-hydrogen) atoms. The summed E-state index contributed by atoms with van der Waals surface area (Å²) in [6, 6.07) is 0.749. The fourth-order valence-corrected chi connectivity index (χ4v) is 3.47. The molecule has 2 nitrogen and oxygen atoms in total. The van der Waals surface area contributed by atoms with Crippen molar-refractivity contribution >= 4 is 0 Å². The van der Waals surface area contributed by atoms with E-state index in [1.807, 2.05) is 0 Å². The molecule has 0 bridgehead atoms. The van der Waals surface area contributed by atoms with E-state index >= 15 is 0 Å². The minimum atomic E-state index is -0.0234. The lowest BCUT2D eigenvalue weighted by molar-refractivity contribution is 0.0993. The molecule has 100 valence electrons. The Kier molecular flexibility index (Phi) is 5.30. The normalized spacial score (nSPS) is 39.9. The molecule has 0 heterocycles. The van der Waals surface area contributed by atoms with Crippen molar-refractivity contribution in [3.63, 3.8) is 0 Å². The maximum Gasteiger partial charge on any atom is 0.0543 e. The van der Waals surface area contributed by atoms with Gasteiger partial charge in [-0.15, -0.1) is 0 Å². The summed E-state index contributed by atoms with van der Waals surface area (Å²) < 4.78 is 0. The molecule has 2 saturated carbocycles. The van der Waals surface area contributed by atoms with Crippen LogP contribution >= 0.6 is 0 Å². The molecule has 0 aliphatic heterocycles. The van der Waals surface area contributed by atoms with Crippen molar-refractivity contribution in [3.8, 4) is 0 Å². The highest BCUT2D eigenvalue weighted by atomic mass is 16.3. The van der Waals surface area contributed by atoms with E-state index in [4.69, 9.17) is 0 Å². The zero-order valence-electron chi connectivity index (χ0n) is 11.3. The fourth-order valence-electron chi connectivity index (χ4n) is 3.47. The minimum Gasteiger partial charge on any atom is -0.393 e. The van der Waals surface area contributed by atoms with Gasteiger partial charge in [-0.05, 0) is 56.9 Å². The van der Waals surface area contributed by atoms with Crippen LogP contribution < -0.4 is 5.32 Å². The fraction of sp³-hybridized carbons (Fsp3) is 1.00. The van der Waals surface area contributed by atoms with Gasteiger partial charge in [-0.25, -0.2) is 0 Å². The first-order valence-electron chi connectivity index (χ1n) is 7.65. The zero-order valence-corrected chi connectivity index (χ0v) is 11.3. The van der Waals surface area contributed by atoms with Crippen molar-refractivity contribution in [2.45, 2.75) is 76.9 Å². The molecule has 2 fully saturated rings. The third-order valence-corrected chi connectivity index (χ3v) is 4.71. The summed E-state index contributed by atoms with van der Waals surface area (Å²) in [6.45, 7) is 3.52. The summed E-state index contributed by atoms with van der Waals surface area (Å²) in [5.74, 6) is 1.65. The monoisotopic (exact) mass is 239 g/mol. The molecule has 0 amide bonds. The largest absolute Gasteiger partial charge is 0.393 e. The first-order chi connectivity index (χ1) is 8.24. The smallest absolute Gasteiger partial charge is 0.0543 e. The van der Waals surface area contributed by atoms with Crippen molar-refractivity contribution in [3.05, 3.63) is 0 Å². The van der Waals surface area contributed by atoms with Crippen LogP contribution in [-0.4, -0.2) is 23.8 Å². The molecule has 4 atom stereocenters. The van der Waals surface area contributed by atoms with Gasteiger partial charge in [-0.3, -0.25) is 0 Å². The average molecular weight is 239 g/mol. The molecule has 2 rings (SSSR count). The maximum absolute atomic E-state index is 9.67. The molecule has 0 spiro atoms. The van der Waals surface area contributed by atoms with Gasteiger partial charge in [-0.1, -0.05) is 26.2 Å². The molecule has 2 aliphatic rings. The van der Waals surface area contributed by atoms with E-state index in [1.165, 1.54) is 44.9 Å². The molecule has 0 aromatic carbocycles. The Morgan fingerprint density at radius 2 is 1.82 bits per heavy atom. The van der Waals surface area contributed by atoms with Crippen molar-refractivity contribution in [1.82, 2.24) is 5.32 Å². The Labute approximate surface area is 106 Å². The molecule has 0 radical (unpaired) electrons. The molecular weight excluding hydrogens is 210 g/mol. The molecule has 0 saturated heterocycles. The van der Waals surface area contributed by atoms with Crippen LogP contribution in [0.4, 0.5) is 0 Å². The van der Waals surface area contributed by atoms with Gasteiger partial charge < -0.3 is 10.4 Å². The maximum atomic E-state index is 9.67. The molecule has 2 N–H and O–H groups in total. The highest BCUT2D eigenvalue weighted by Crippen LogP contribution is 2.25. The van der Waals surface area contributed by atoms with Crippen LogP contribution in [0.5, 0.6) is 0 Å². The van der Waals surface area contributed by atoms with Crippen LogP contribution in [0.15, 0.2) is 0 Å². The third-order valence-electron chi connectivity index (χ3n) is 4.71. The van der Waals surface area contributed by atoms with Crippen molar-refractivity contribution in [1.29, 1.82) is 0 Å². The highest BCUT2D eigenvalue weighted by molar-refractivity contribution is 4.78. The minimum absolute atomic E-state index is 0.0234. The van der Waals surface area contributed by atoms with Crippen LogP contribution in [0.2, 0.25) is 0 Å². The summed E-state index contributed by atoms with van der Waals surface area (Å²) in [7, 11) is 0. The van der Waals surface area contributed by atoms with Gasteiger partial charge in [0.25, 0.3) is 0 Å². The Hall–Kier alpha value is -0.0800. The molecule has 0 aromatic heterocycles. The van der Waals surface area contributed by atoms with E-state index in [0.717, 1.165) is 37.3 Å². The second kappa shape index (κ2) is 6.75. The summed E-state index contributed by atoms with van der Waals surface area (Å²) in [5, 5.41) is 13.4. The first kappa shape index (κ1) is 13.4. The third kappa shape index (κ3) is 4.59. The van der Waals surface area contributed by atoms with Crippen LogP contribution in [0.25, 0.3) is 0 Å². The van der Waals surface area contributed by atoms with Crippen LogP contribution in [0, 0.1) is 11.8 Å². The summed E-state index contributed by atoms with van der Waals surface area (Å²) in [4.78, 5) is 0. The van der Waals surface area contributed by atoms with E-state index < -0.39 is 0 Å². The number of hydrogen-bond acceptors (Lipinski definition) is 2. The zero-order chi connectivity index (χ0) is 12.1. The number of nitrogens with one attached hydrogen (secondary N) is 1. The SMILES string of the molecule is CC1CCCC(NCC2CCCC(O)C2)CC1. The highest BCUT2D eigenvalue weighted by Gasteiger charge is 2.21. The summed E-state index contributed by atoms with van der Waals surface area (Å²) in [6.07, 6.45) is 11.5. The Balaban J connectivity index is 1.66. The quantitative estimate of drug-likeness (QED) is 0.742. The lowest BCUT2D eigenvalue weighted by Crippen LogP contribution is -2.35. The van der Waals surface area contributed by atoms with E-state index in [1.54, 1.807) is 0 Å². The second-order valence-corrected chi connectivity index (χ2v) is 6.41. The van der Waals surface area contributed by atoms with Gasteiger partial charge >= 0.3 is 0 Å². The standard InChI is InChI=1S/C15H29NO/c1-12-4-2-6-14(9-8-12)16-11-13-5-3-7-15(17)10-13/h12-17H,2-11H2,1H3. The number of aliphatic hydroxyl groups excluding tert-OH is 1. The van der Waals surface area contributed by atoms with Gasteiger partial charge in [0.1, 0.15) is 0 Å². The molecule has 2 aliphatic carbocycles. The Morgan fingerprint density at radius 3 is 2.65 bits per heavy atom. The van der Waals surface area contributed by atoms with Crippen LogP contribution in [-0.2, 0) is 0 Å². The first-order valence-corrected chi connectivity index (χ1v) is 7.65. The Bertz CT molecular complexity index is 219. The van der Waals surface area contributed by atoms with Gasteiger partial charge in [-0.2, -0.15) is 0 Å². The predicted octanol–water partition coefficient (Wildman–Crippen LogP) is 3.10. The van der Waals surface area contributed by atoms with Crippen molar-refractivity contribution in [2.75, 3.05) is 6.54 Å². The van der Waals surface area contributed by atoms with E-state index in [9.17, 15) is 5.11 Å². The number of aliphatic hydroxyl groups is 1. The van der Waals surface area contributed by atoms with E-state index in [2.05, 4.69) is 12.2 Å². The van der Waals surface area contributed by atoms with Crippen molar-refractivity contribution < 1.29 is 5.11 Å². The van der Waals surface area contributed by atoms with Gasteiger partial charge in [0.05, 0.1) is 6.10 Å². The molecule has 2 heteroatoms. The Morgan fingerprint density at radius 1 is 1.00 bits per heavy atom. The topological polar surface area (TPSA) is 32.3 Å². The van der Waals surface area contributed by atoms with Gasteiger partial charge in [0.2, 0.25) is 0 Å². The number of rotatable bonds is 3. The van der Waals surface area contributed by atoms with E-state index in [0.29, 0.717) is 0 Å². The summed E-state index contributed by atoms with van der Waals surface area (Å²) in [5.41, 5.74) is 0. The molecular formula is C15H29NO. The van der Waals surface area contributed by atoms with Crippen LogP contribution in [0.1, 0.15) is 64.7 Å². The lowest BCUT2D eigenvalue weighted by atomic mass is 9.87. The molecule has 0 aromatic rings. The van der Waals surface area contributed by atoms with Crippen LogP contribution in [0.3, 0.4) is 0 Å². The second-order valence-electron chi connectivity index (χ2n) is 6.41. The number of hydrogen-bond donors (Lipinski definition) is 2. The summed E-state index contributed by atoms with van der Waals surface area (Å²) >= 11 is 0. The predicted molar refractivity (Wildman–Crippen MR) is 72.0 cm³/mol. The van der Waals surface area contributed by atoms with E-state index in [-0.39, 0.29) is 6.10 Å². The lowest BCUT2D eigenvalue weighted by Gasteiger charge is -2.28. The van der Waals surface area contributed by atoms with Gasteiger partial charge in [0, 0.05) is 6.04 Å². The molecule has 4 unspecified atom stereocenters. The average Bonchev–Trinajstić information content (AvgIpc) is 2.52.